The number of benzene rings is 3. The van der Waals surface area contributed by atoms with Crippen molar-refractivity contribution in [1.29, 1.82) is 0 Å². The van der Waals surface area contributed by atoms with Crippen molar-refractivity contribution < 1.29 is 17.9 Å². The van der Waals surface area contributed by atoms with Gasteiger partial charge in [-0.2, -0.15) is 0 Å². The summed E-state index contributed by atoms with van der Waals surface area (Å²) in [5.74, 6) is 0.759. The summed E-state index contributed by atoms with van der Waals surface area (Å²) in [4.78, 5) is 12.4. The van der Waals surface area contributed by atoms with Gasteiger partial charge in [-0.1, -0.05) is 42.3 Å². The van der Waals surface area contributed by atoms with E-state index in [4.69, 9.17) is 33.1 Å². The SMILES string of the molecule is CCc1ccc(CC(=O)Nc2ccc(S(N)(=O)=O)cc2)cc1Oc1cc(Cl)ccc1Cl. The predicted molar refractivity (Wildman–Crippen MR) is 123 cm³/mol. The van der Waals surface area contributed by atoms with Crippen LogP contribution in [-0.2, 0) is 27.7 Å². The van der Waals surface area contributed by atoms with Crippen LogP contribution in [0.1, 0.15) is 18.1 Å². The predicted octanol–water partition coefficient (Wildman–Crippen LogP) is 5.18. The number of primary sulfonamides is 1. The molecule has 3 aromatic rings. The van der Waals surface area contributed by atoms with Gasteiger partial charge in [-0.3, -0.25) is 4.79 Å². The first kappa shape index (κ1) is 23.1. The lowest BCUT2D eigenvalue weighted by atomic mass is 10.1. The molecule has 0 heterocycles. The lowest BCUT2D eigenvalue weighted by Crippen LogP contribution is -2.15. The number of halogens is 2. The van der Waals surface area contributed by atoms with Crippen LogP contribution in [0.2, 0.25) is 10.0 Å². The molecule has 0 atom stereocenters. The average Bonchev–Trinajstić information content (AvgIpc) is 2.70. The second-order valence-corrected chi connectivity index (χ2v) is 9.17. The highest BCUT2D eigenvalue weighted by Gasteiger charge is 2.12. The minimum Gasteiger partial charge on any atom is -0.455 e. The Morgan fingerprint density at radius 3 is 2.35 bits per heavy atom. The van der Waals surface area contributed by atoms with Crippen LogP contribution >= 0.6 is 23.2 Å². The monoisotopic (exact) mass is 478 g/mol. The number of amides is 1. The van der Waals surface area contributed by atoms with Crippen molar-refractivity contribution in [2.45, 2.75) is 24.7 Å². The maximum Gasteiger partial charge on any atom is 0.238 e. The molecule has 3 aromatic carbocycles. The number of carbonyl (C=O) groups is 1. The number of aryl methyl sites for hydroxylation is 1. The van der Waals surface area contributed by atoms with Crippen molar-refractivity contribution >= 4 is 44.8 Å². The molecule has 0 aromatic heterocycles. The highest BCUT2D eigenvalue weighted by atomic mass is 35.5. The Kier molecular flexibility index (Phi) is 7.23. The first-order valence-corrected chi connectivity index (χ1v) is 11.6. The Bertz CT molecular complexity index is 1210. The summed E-state index contributed by atoms with van der Waals surface area (Å²) in [6.07, 6.45) is 0.830. The second-order valence-electron chi connectivity index (χ2n) is 6.77. The third-order valence-corrected chi connectivity index (χ3v) is 5.93. The van der Waals surface area contributed by atoms with Crippen molar-refractivity contribution in [2.75, 3.05) is 5.32 Å². The molecule has 6 nitrogen and oxygen atoms in total. The quantitative estimate of drug-likeness (QED) is 0.488. The van der Waals surface area contributed by atoms with Gasteiger partial charge in [0.15, 0.2) is 0 Å². The van der Waals surface area contributed by atoms with Crippen LogP contribution in [0, 0.1) is 0 Å². The fraction of sp³-hybridized carbons (Fsp3) is 0.136. The van der Waals surface area contributed by atoms with E-state index >= 15 is 0 Å². The molecule has 0 radical (unpaired) electrons. The first-order chi connectivity index (χ1) is 14.7. The molecule has 162 valence electrons. The number of hydrogen-bond acceptors (Lipinski definition) is 4. The molecule has 0 aliphatic rings. The standard InChI is InChI=1S/C22H20Cl2N2O4S/c1-2-15-4-3-14(11-20(15)30-21-13-16(23)5-10-19(21)24)12-22(27)26-17-6-8-18(9-7-17)31(25,28)29/h3-11,13H,2,12H2,1H3,(H,26,27)(H2,25,28,29). The molecule has 0 saturated heterocycles. The molecule has 3 N–H and O–H groups in total. The van der Waals surface area contributed by atoms with E-state index in [2.05, 4.69) is 5.32 Å². The van der Waals surface area contributed by atoms with E-state index in [1.165, 1.54) is 24.3 Å². The minimum absolute atomic E-state index is 0.0258. The van der Waals surface area contributed by atoms with Crippen LogP contribution in [0.3, 0.4) is 0 Å². The van der Waals surface area contributed by atoms with Crippen molar-refractivity contribution in [3.8, 4) is 11.5 Å². The van der Waals surface area contributed by atoms with Crippen molar-refractivity contribution in [3.05, 3.63) is 81.8 Å². The molecule has 3 rings (SSSR count). The lowest BCUT2D eigenvalue weighted by Gasteiger charge is -2.13. The largest absolute Gasteiger partial charge is 0.455 e. The third-order valence-electron chi connectivity index (χ3n) is 4.46. The van der Waals surface area contributed by atoms with Gasteiger partial charge in [0.05, 0.1) is 16.3 Å². The topological polar surface area (TPSA) is 98.5 Å². The van der Waals surface area contributed by atoms with E-state index in [1.54, 1.807) is 24.3 Å². The van der Waals surface area contributed by atoms with Gasteiger partial charge in [-0.15, -0.1) is 0 Å². The summed E-state index contributed by atoms with van der Waals surface area (Å²) in [7, 11) is -3.78. The van der Waals surface area contributed by atoms with E-state index in [-0.39, 0.29) is 17.2 Å². The third kappa shape index (κ3) is 6.21. The molecule has 0 saturated carbocycles. The van der Waals surface area contributed by atoms with Gasteiger partial charge in [0.2, 0.25) is 15.9 Å². The van der Waals surface area contributed by atoms with Crippen LogP contribution < -0.4 is 15.2 Å². The molecule has 0 aliphatic carbocycles. The Hall–Kier alpha value is -2.58. The second kappa shape index (κ2) is 9.70. The summed E-state index contributed by atoms with van der Waals surface area (Å²) < 4.78 is 28.6. The zero-order chi connectivity index (χ0) is 22.6. The highest BCUT2D eigenvalue weighted by molar-refractivity contribution is 7.89. The van der Waals surface area contributed by atoms with Crippen molar-refractivity contribution in [2.24, 2.45) is 5.14 Å². The molecule has 9 heteroatoms. The van der Waals surface area contributed by atoms with Gasteiger partial charge in [-0.05, 0) is 60.0 Å². The molecular weight excluding hydrogens is 459 g/mol. The summed E-state index contributed by atoms with van der Waals surface area (Å²) >= 11 is 12.2. The summed E-state index contributed by atoms with van der Waals surface area (Å²) in [5.41, 5.74) is 2.16. The molecule has 31 heavy (non-hydrogen) atoms. The van der Waals surface area contributed by atoms with Crippen molar-refractivity contribution in [1.82, 2.24) is 0 Å². The molecule has 0 aliphatic heterocycles. The van der Waals surface area contributed by atoms with E-state index in [9.17, 15) is 13.2 Å². The van der Waals surface area contributed by atoms with E-state index < -0.39 is 10.0 Å². The molecule has 0 fully saturated rings. The first-order valence-electron chi connectivity index (χ1n) is 9.33. The van der Waals surface area contributed by atoms with Gasteiger partial charge < -0.3 is 10.1 Å². The lowest BCUT2D eigenvalue weighted by molar-refractivity contribution is -0.115. The zero-order valence-corrected chi connectivity index (χ0v) is 18.9. The van der Waals surface area contributed by atoms with Gasteiger partial charge in [0, 0.05) is 16.8 Å². The fourth-order valence-electron chi connectivity index (χ4n) is 2.89. The normalized spacial score (nSPS) is 11.2. The zero-order valence-electron chi connectivity index (χ0n) is 16.6. The van der Waals surface area contributed by atoms with Gasteiger partial charge >= 0.3 is 0 Å². The van der Waals surface area contributed by atoms with Crippen LogP contribution in [0.25, 0.3) is 0 Å². The number of hydrogen-bond donors (Lipinski definition) is 2. The number of nitrogens with two attached hydrogens (primary N) is 1. The van der Waals surface area contributed by atoms with Gasteiger partial charge in [0.1, 0.15) is 11.5 Å². The number of carbonyl (C=O) groups excluding carboxylic acids is 1. The summed E-state index contributed by atoms with van der Waals surface area (Å²) in [6.45, 7) is 2.00. The Morgan fingerprint density at radius 1 is 1.00 bits per heavy atom. The molecule has 0 bridgehead atoms. The van der Waals surface area contributed by atoms with E-state index in [0.717, 1.165) is 17.5 Å². The highest BCUT2D eigenvalue weighted by Crippen LogP contribution is 2.34. The van der Waals surface area contributed by atoms with E-state index in [0.29, 0.717) is 27.2 Å². The molecule has 1 amide bonds. The Labute approximate surface area is 191 Å². The van der Waals surface area contributed by atoms with E-state index in [1.807, 2.05) is 19.1 Å². The summed E-state index contributed by atoms with van der Waals surface area (Å²) in [6, 6.07) is 16.1. The van der Waals surface area contributed by atoms with Crippen LogP contribution in [-0.4, -0.2) is 14.3 Å². The Balaban J connectivity index is 1.75. The maximum atomic E-state index is 12.5. The molecule has 0 spiro atoms. The fourth-order valence-corrected chi connectivity index (χ4v) is 3.72. The number of nitrogens with one attached hydrogen (secondary N) is 1. The Morgan fingerprint density at radius 2 is 1.71 bits per heavy atom. The number of ether oxygens (including phenoxy) is 1. The van der Waals surface area contributed by atoms with Crippen LogP contribution in [0.4, 0.5) is 5.69 Å². The number of anilines is 1. The van der Waals surface area contributed by atoms with Crippen LogP contribution in [0.5, 0.6) is 11.5 Å². The average molecular weight is 479 g/mol. The van der Waals surface area contributed by atoms with Crippen LogP contribution in [0.15, 0.2) is 65.6 Å². The minimum atomic E-state index is -3.78. The van der Waals surface area contributed by atoms with Gasteiger partial charge in [-0.25, -0.2) is 13.6 Å². The number of rotatable bonds is 7. The summed E-state index contributed by atoms with van der Waals surface area (Å²) in [5, 5.41) is 8.74. The molecule has 0 unspecified atom stereocenters. The van der Waals surface area contributed by atoms with Gasteiger partial charge in [0.25, 0.3) is 0 Å². The smallest absolute Gasteiger partial charge is 0.238 e. The van der Waals surface area contributed by atoms with Crippen molar-refractivity contribution in [3.63, 3.8) is 0 Å². The molecular formula is C22H20Cl2N2O4S. The maximum absolute atomic E-state index is 12.5. The number of sulfonamides is 1.